The zero-order valence-electron chi connectivity index (χ0n) is 9.40. The molecule has 15 heavy (non-hydrogen) atoms. The third-order valence-corrected chi connectivity index (χ3v) is 2.60. The van der Waals surface area contributed by atoms with Crippen LogP contribution in [0, 0.1) is 0 Å². The summed E-state index contributed by atoms with van der Waals surface area (Å²) in [7, 11) is 2.01. The summed E-state index contributed by atoms with van der Waals surface area (Å²) in [6.07, 6.45) is 2.07. The molecule has 0 atom stereocenters. The fourth-order valence-corrected chi connectivity index (χ4v) is 1.75. The van der Waals surface area contributed by atoms with E-state index >= 15 is 0 Å². The molecule has 3 nitrogen and oxygen atoms in total. The van der Waals surface area contributed by atoms with Crippen molar-refractivity contribution in [2.45, 2.75) is 20.0 Å². The van der Waals surface area contributed by atoms with Gasteiger partial charge in [0.1, 0.15) is 5.82 Å². The van der Waals surface area contributed by atoms with Gasteiger partial charge in [0.05, 0.1) is 17.2 Å². The molecule has 1 aromatic rings. The maximum absolute atomic E-state index is 5.49. The second kappa shape index (κ2) is 6.08. The average Bonchev–Trinajstić information content (AvgIpc) is 2.17. The number of nitrogens with zero attached hydrogens (tertiary/aromatic N) is 2. The van der Waals surface area contributed by atoms with Crippen LogP contribution in [0.1, 0.15) is 13.8 Å². The first kappa shape index (κ1) is 12.5. The Bertz CT molecular complexity index is 304. The highest BCUT2D eigenvalue weighted by Gasteiger charge is 2.06. The number of likely N-dealkylation sites (N-methyl/N-ethyl adjacent to an activating group) is 1. The van der Waals surface area contributed by atoms with Crippen molar-refractivity contribution in [1.29, 1.82) is 0 Å². The van der Waals surface area contributed by atoms with Gasteiger partial charge in [0.15, 0.2) is 0 Å². The summed E-state index contributed by atoms with van der Waals surface area (Å²) in [6, 6.07) is 3.90. The number of aromatic nitrogens is 1. The van der Waals surface area contributed by atoms with E-state index in [-0.39, 0.29) is 6.10 Å². The van der Waals surface area contributed by atoms with E-state index in [0.717, 1.165) is 23.4 Å². The summed E-state index contributed by atoms with van der Waals surface area (Å²) in [5.74, 6) is 0.949. The fraction of sp³-hybridized carbons (Fsp3) is 0.545. The summed E-state index contributed by atoms with van der Waals surface area (Å²) in [6.45, 7) is 5.64. The van der Waals surface area contributed by atoms with E-state index in [4.69, 9.17) is 4.74 Å². The molecule has 0 amide bonds. The molecular formula is C11H17BrN2O. The Morgan fingerprint density at radius 3 is 2.87 bits per heavy atom. The predicted octanol–water partition coefficient (Wildman–Crippen LogP) is 2.71. The lowest BCUT2D eigenvalue weighted by molar-refractivity contribution is 0.0845. The molecule has 0 unspecified atom stereocenters. The molecule has 0 saturated carbocycles. The van der Waals surface area contributed by atoms with Gasteiger partial charge in [-0.2, -0.15) is 0 Å². The number of pyridine rings is 1. The highest BCUT2D eigenvalue weighted by Crippen LogP contribution is 2.21. The molecule has 0 N–H and O–H groups in total. The maximum atomic E-state index is 5.49. The molecule has 1 aromatic heterocycles. The maximum Gasteiger partial charge on any atom is 0.142 e. The van der Waals surface area contributed by atoms with Crippen molar-refractivity contribution in [3.63, 3.8) is 0 Å². The number of halogens is 1. The third-order valence-electron chi connectivity index (χ3n) is 1.98. The SMILES string of the molecule is CC(C)OCCN(C)c1ncccc1Br. The number of hydrogen-bond acceptors (Lipinski definition) is 3. The first-order valence-electron chi connectivity index (χ1n) is 5.04. The standard InChI is InChI=1S/C11H17BrN2O/c1-9(2)15-8-7-14(3)11-10(12)5-4-6-13-11/h4-6,9H,7-8H2,1-3H3. The Hall–Kier alpha value is -0.610. The molecule has 0 saturated heterocycles. The van der Waals surface area contributed by atoms with Crippen molar-refractivity contribution in [2.24, 2.45) is 0 Å². The summed E-state index contributed by atoms with van der Waals surface area (Å²) in [4.78, 5) is 6.38. The Morgan fingerprint density at radius 2 is 2.27 bits per heavy atom. The molecule has 0 aliphatic heterocycles. The Morgan fingerprint density at radius 1 is 1.53 bits per heavy atom. The second-order valence-corrected chi connectivity index (χ2v) is 4.50. The van der Waals surface area contributed by atoms with Gasteiger partial charge in [-0.15, -0.1) is 0 Å². The Kier molecular flexibility index (Phi) is 5.05. The van der Waals surface area contributed by atoms with Crippen LogP contribution in [0.2, 0.25) is 0 Å². The normalized spacial score (nSPS) is 10.7. The van der Waals surface area contributed by atoms with Crippen LogP contribution in [0.3, 0.4) is 0 Å². The quantitative estimate of drug-likeness (QED) is 0.824. The zero-order valence-corrected chi connectivity index (χ0v) is 11.0. The number of rotatable bonds is 5. The minimum atomic E-state index is 0.283. The summed E-state index contributed by atoms with van der Waals surface area (Å²) < 4.78 is 6.50. The lowest BCUT2D eigenvalue weighted by atomic mass is 10.4. The van der Waals surface area contributed by atoms with Crippen LogP contribution < -0.4 is 4.90 Å². The molecular weight excluding hydrogens is 256 g/mol. The minimum absolute atomic E-state index is 0.283. The van der Waals surface area contributed by atoms with Gasteiger partial charge in [-0.1, -0.05) is 0 Å². The molecule has 0 radical (unpaired) electrons. The molecule has 1 rings (SSSR count). The molecule has 0 aromatic carbocycles. The lowest BCUT2D eigenvalue weighted by Crippen LogP contribution is -2.25. The molecule has 84 valence electrons. The molecule has 4 heteroatoms. The second-order valence-electron chi connectivity index (χ2n) is 3.65. The van der Waals surface area contributed by atoms with Crippen LogP contribution >= 0.6 is 15.9 Å². The van der Waals surface area contributed by atoms with E-state index in [1.54, 1.807) is 6.20 Å². The van der Waals surface area contributed by atoms with Crippen LogP contribution in [0.25, 0.3) is 0 Å². The smallest absolute Gasteiger partial charge is 0.142 e. The predicted molar refractivity (Wildman–Crippen MR) is 66.3 cm³/mol. The van der Waals surface area contributed by atoms with E-state index in [1.165, 1.54) is 0 Å². The van der Waals surface area contributed by atoms with E-state index < -0.39 is 0 Å². The molecule has 0 aliphatic rings. The van der Waals surface area contributed by atoms with Crippen LogP contribution in [0.4, 0.5) is 5.82 Å². The molecule has 0 fully saturated rings. The molecule has 0 bridgehead atoms. The van der Waals surface area contributed by atoms with Gasteiger partial charge in [-0.05, 0) is 41.9 Å². The van der Waals surface area contributed by atoms with E-state index in [1.807, 2.05) is 33.0 Å². The highest BCUT2D eigenvalue weighted by atomic mass is 79.9. The van der Waals surface area contributed by atoms with Gasteiger partial charge in [0.25, 0.3) is 0 Å². The summed E-state index contributed by atoms with van der Waals surface area (Å²) >= 11 is 3.47. The average molecular weight is 273 g/mol. The van der Waals surface area contributed by atoms with Gasteiger partial charge in [-0.25, -0.2) is 4.98 Å². The topological polar surface area (TPSA) is 25.4 Å². The zero-order chi connectivity index (χ0) is 11.3. The van der Waals surface area contributed by atoms with Gasteiger partial charge in [-0.3, -0.25) is 0 Å². The van der Waals surface area contributed by atoms with Gasteiger partial charge in [0, 0.05) is 19.8 Å². The van der Waals surface area contributed by atoms with Crippen molar-refractivity contribution in [3.05, 3.63) is 22.8 Å². The first-order chi connectivity index (χ1) is 7.11. The van der Waals surface area contributed by atoms with Crippen LogP contribution in [0.5, 0.6) is 0 Å². The van der Waals surface area contributed by atoms with Crippen LogP contribution in [-0.4, -0.2) is 31.3 Å². The number of ether oxygens (including phenoxy) is 1. The molecule has 0 aliphatic carbocycles. The van der Waals surface area contributed by atoms with Crippen LogP contribution in [-0.2, 0) is 4.74 Å². The van der Waals surface area contributed by atoms with Crippen molar-refractivity contribution in [2.75, 3.05) is 25.1 Å². The van der Waals surface area contributed by atoms with Crippen molar-refractivity contribution in [3.8, 4) is 0 Å². The third kappa shape index (κ3) is 4.18. The van der Waals surface area contributed by atoms with Crippen LogP contribution in [0.15, 0.2) is 22.8 Å². The van der Waals surface area contributed by atoms with E-state index in [2.05, 4.69) is 25.8 Å². The number of hydrogen-bond donors (Lipinski definition) is 0. The van der Waals surface area contributed by atoms with E-state index in [9.17, 15) is 0 Å². The lowest BCUT2D eigenvalue weighted by Gasteiger charge is -2.19. The Labute approximate surface area is 99.6 Å². The van der Waals surface area contributed by atoms with Gasteiger partial charge >= 0.3 is 0 Å². The Balaban J connectivity index is 2.47. The fourth-order valence-electron chi connectivity index (χ4n) is 1.19. The van der Waals surface area contributed by atoms with Crippen molar-refractivity contribution in [1.82, 2.24) is 4.98 Å². The van der Waals surface area contributed by atoms with Crippen molar-refractivity contribution >= 4 is 21.7 Å². The molecule has 0 spiro atoms. The highest BCUT2D eigenvalue weighted by molar-refractivity contribution is 9.10. The molecule has 1 heterocycles. The van der Waals surface area contributed by atoms with Gasteiger partial charge in [0.2, 0.25) is 0 Å². The summed E-state index contributed by atoms with van der Waals surface area (Å²) in [5.41, 5.74) is 0. The monoisotopic (exact) mass is 272 g/mol. The van der Waals surface area contributed by atoms with Gasteiger partial charge < -0.3 is 9.64 Å². The first-order valence-corrected chi connectivity index (χ1v) is 5.84. The van der Waals surface area contributed by atoms with E-state index in [0.29, 0.717) is 0 Å². The number of anilines is 1. The van der Waals surface area contributed by atoms with Crippen molar-refractivity contribution < 1.29 is 4.74 Å². The minimum Gasteiger partial charge on any atom is -0.377 e. The largest absolute Gasteiger partial charge is 0.377 e. The summed E-state index contributed by atoms with van der Waals surface area (Å²) in [5, 5.41) is 0.